The molecule has 0 aliphatic carbocycles. The van der Waals surface area contributed by atoms with Crippen molar-refractivity contribution in [3.63, 3.8) is 0 Å². The Morgan fingerprint density at radius 3 is 3.00 bits per heavy atom. The smallest absolute Gasteiger partial charge is 0.257 e. The van der Waals surface area contributed by atoms with E-state index < -0.39 is 0 Å². The van der Waals surface area contributed by atoms with Crippen LogP contribution in [0.15, 0.2) is 47.3 Å². The molecule has 0 bridgehead atoms. The van der Waals surface area contributed by atoms with Crippen molar-refractivity contribution in [2.24, 2.45) is 0 Å². The minimum atomic E-state index is 0.0797. The monoisotopic (exact) mass is 269 g/mol. The molecule has 1 fully saturated rings. The van der Waals surface area contributed by atoms with Gasteiger partial charge in [-0.1, -0.05) is 29.8 Å². The van der Waals surface area contributed by atoms with E-state index in [1.165, 1.54) is 17.4 Å². The van der Waals surface area contributed by atoms with Crippen LogP contribution in [0.2, 0.25) is 0 Å². The zero-order valence-corrected chi connectivity index (χ0v) is 11.7. The average Bonchev–Trinajstić information content (AvgIpc) is 3.01. The molecule has 0 spiro atoms. The lowest BCUT2D eigenvalue weighted by atomic mass is 9.89. The van der Waals surface area contributed by atoms with E-state index in [1.807, 2.05) is 4.90 Å². The van der Waals surface area contributed by atoms with E-state index in [0.717, 1.165) is 25.9 Å². The van der Waals surface area contributed by atoms with Crippen LogP contribution in [-0.2, 0) is 0 Å². The zero-order chi connectivity index (χ0) is 13.9. The van der Waals surface area contributed by atoms with Crippen molar-refractivity contribution in [3.05, 3.63) is 59.5 Å². The highest BCUT2D eigenvalue weighted by molar-refractivity contribution is 5.93. The fourth-order valence-corrected chi connectivity index (χ4v) is 2.93. The van der Waals surface area contributed by atoms with Crippen LogP contribution in [0.4, 0.5) is 0 Å². The molecule has 1 aliphatic heterocycles. The summed E-state index contributed by atoms with van der Waals surface area (Å²) in [5, 5.41) is 0. The summed E-state index contributed by atoms with van der Waals surface area (Å²) in [6, 6.07) is 10.3. The first kappa shape index (κ1) is 13.0. The number of benzene rings is 1. The van der Waals surface area contributed by atoms with E-state index in [9.17, 15) is 4.79 Å². The van der Waals surface area contributed by atoms with Crippen molar-refractivity contribution >= 4 is 5.91 Å². The fourth-order valence-electron chi connectivity index (χ4n) is 2.93. The van der Waals surface area contributed by atoms with Gasteiger partial charge in [-0.25, -0.2) is 0 Å². The first-order chi connectivity index (χ1) is 9.74. The highest BCUT2D eigenvalue weighted by atomic mass is 16.3. The van der Waals surface area contributed by atoms with Gasteiger partial charge in [0.1, 0.15) is 6.26 Å². The summed E-state index contributed by atoms with van der Waals surface area (Å²) in [4.78, 5) is 14.3. The Balaban J connectivity index is 1.75. The molecule has 2 heterocycles. The number of likely N-dealkylation sites (tertiary alicyclic amines) is 1. The Hall–Kier alpha value is -2.03. The van der Waals surface area contributed by atoms with E-state index in [0.29, 0.717) is 11.5 Å². The number of aryl methyl sites for hydroxylation is 1. The van der Waals surface area contributed by atoms with Crippen LogP contribution < -0.4 is 0 Å². The third-order valence-electron chi connectivity index (χ3n) is 3.99. The Kier molecular flexibility index (Phi) is 3.59. The molecular formula is C17H19NO2. The molecule has 0 N–H and O–H groups in total. The predicted octanol–water partition coefficient (Wildman–Crippen LogP) is 3.61. The summed E-state index contributed by atoms with van der Waals surface area (Å²) in [5.41, 5.74) is 3.27. The van der Waals surface area contributed by atoms with E-state index in [1.54, 1.807) is 12.3 Å². The molecule has 1 atom stereocenters. The standard InChI is InChI=1S/C17H19NO2/c1-13-4-2-5-14(10-13)15-6-3-8-18(11-15)17(19)16-7-9-20-12-16/h2,4-5,7,9-10,12,15H,3,6,8,11H2,1H3/t15-/m1/s1. The third kappa shape index (κ3) is 2.62. The molecule has 1 amide bonds. The molecule has 3 nitrogen and oxygen atoms in total. The van der Waals surface area contributed by atoms with Gasteiger partial charge in [-0.3, -0.25) is 4.79 Å². The van der Waals surface area contributed by atoms with Gasteiger partial charge in [0.25, 0.3) is 5.91 Å². The zero-order valence-electron chi connectivity index (χ0n) is 11.7. The summed E-state index contributed by atoms with van der Waals surface area (Å²) >= 11 is 0. The van der Waals surface area contributed by atoms with Crippen LogP contribution in [0.1, 0.15) is 40.2 Å². The molecule has 1 aromatic heterocycles. The van der Waals surface area contributed by atoms with E-state index in [2.05, 4.69) is 31.2 Å². The van der Waals surface area contributed by atoms with E-state index in [-0.39, 0.29) is 5.91 Å². The van der Waals surface area contributed by atoms with Crippen LogP contribution in [-0.4, -0.2) is 23.9 Å². The predicted molar refractivity (Wildman–Crippen MR) is 77.8 cm³/mol. The van der Waals surface area contributed by atoms with Gasteiger partial charge in [0.15, 0.2) is 0 Å². The maximum atomic E-state index is 12.4. The topological polar surface area (TPSA) is 33.5 Å². The maximum absolute atomic E-state index is 12.4. The quantitative estimate of drug-likeness (QED) is 0.834. The molecule has 1 saturated heterocycles. The molecule has 3 heteroatoms. The lowest BCUT2D eigenvalue weighted by molar-refractivity contribution is 0.0706. The number of hydrogen-bond donors (Lipinski definition) is 0. The second-order valence-corrected chi connectivity index (χ2v) is 5.52. The molecule has 20 heavy (non-hydrogen) atoms. The summed E-state index contributed by atoms with van der Waals surface area (Å²) in [7, 11) is 0. The molecule has 0 saturated carbocycles. The first-order valence-electron chi connectivity index (χ1n) is 7.12. The maximum Gasteiger partial charge on any atom is 0.257 e. The average molecular weight is 269 g/mol. The van der Waals surface area contributed by atoms with E-state index in [4.69, 9.17) is 4.42 Å². The largest absolute Gasteiger partial charge is 0.472 e. The summed E-state index contributed by atoms with van der Waals surface area (Å²) < 4.78 is 5.01. The number of hydrogen-bond acceptors (Lipinski definition) is 2. The second kappa shape index (κ2) is 5.53. The molecule has 0 radical (unpaired) electrons. The third-order valence-corrected chi connectivity index (χ3v) is 3.99. The van der Waals surface area contributed by atoms with Gasteiger partial charge in [0, 0.05) is 19.0 Å². The number of carbonyl (C=O) groups excluding carboxylic acids is 1. The molecular weight excluding hydrogens is 250 g/mol. The molecule has 1 aliphatic rings. The van der Waals surface area contributed by atoms with Crippen LogP contribution in [0, 0.1) is 6.92 Å². The molecule has 2 aromatic rings. The number of furan rings is 1. The van der Waals surface area contributed by atoms with Gasteiger partial charge >= 0.3 is 0 Å². The molecule has 1 aromatic carbocycles. The molecule has 104 valence electrons. The van der Waals surface area contributed by atoms with Crippen LogP contribution >= 0.6 is 0 Å². The van der Waals surface area contributed by atoms with Crippen molar-refractivity contribution in [1.29, 1.82) is 0 Å². The minimum Gasteiger partial charge on any atom is -0.472 e. The van der Waals surface area contributed by atoms with Gasteiger partial charge in [0.05, 0.1) is 11.8 Å². The summed E-state index contributed by atoms with van der Waals surface area (Å²) in [6.07, 6.45) is 5.29. The molecule has 0 unspecified atom stereocenters. The lowest BCUT2D eigenvalue weighted by Gasteiger charge is -2.33. The minimum absolute atomic E-state index is 0.0797. The van der Waals surface area contributed by atoms with Gasteiger partial charge in [-0.05, 0) is 31.4 Å². The Morgan fingerprint density at radius 1 is 1.35 bits per heavy atom. The summed E-state index contributed by atoms with van der Waals surface area (Å²) in [6.45, 7) is 3.75. The van der Waals surface area contributed by atoms with Crippen LogP contribution in [0.5, 0.6) is 0 Å². The Morgan fingerprint density at radius 2 is 2.25 bits per heavy atom. The SMILES string of the molecule is Cc1cccc([C@@H]2CCCN(C(=O)c3ccoc3)C2)c1. The normalized spacial score (nSPS) is 19.1. The van der Waals surface area contributed by atoms with Gasteiger partial charge in [-0.2, -0.15) is 0 Å². The number of carbonyl (C=O) groups is 1. The highest BCUT2D eigenvalue weighted by Gasteiger charge is 2.25. The van der Waals surface area contributed by atoms with Crippen molar-refractivity contribution in [3.8, 4) is 0 Å². The number of rotatable bonds is 2. The lowest BCUT2D eigenvalue weighted by Crippen LogP contribution is -2.38. The van der Waals surface area contributed by atoms with Gasteiger partial charge in [0.2, 0.25) is 0 Å². The first-order valence-corrected chi connectivity index (χ1v) is 7.12. The number of piperidine rings is 1. The number of amides is 1. The fraction of sp³-hybridized carbons (Fsp3) is 0.353. The van der Waals surface area contributed by atoms with E-state index >= 15 is 0 Å². The van der Waals surface area contributed by atoms with Gasteiger partial charge < -0.3 is 9.32 Å². The van der Waals surface area contributed by atoms with Crippen molar-refractivity contribution in [2.75, 3.05) is 13.1 Å². The van der Waals surface area contributed by atoms with Crippen LogP contribution in [0.3, 0.4) is 0 Å². The Bertz CT molecular complexity index is 589. The number of nitrogens with zero attached hydrogens (tertiary/aromatic N) is 1. The second-order valence-electron chi connectivity index (χ2n) is 5.52. The van der Waals surface area contributed by atoms with Crippen molar-refractivity contribution in [2.45, 2.75) is 25.7 Å². The van der Waals surface area contributed by atoms with Crippen LogP contribution in [0.25, 0.3) is 0 Å². The summed E-state index contributed by atoms with van der Waals surface area (Å²) in [5.74, 6) is 0.524. The van der Waals surface area contributed by atoms with Crippen molar-refractivity contribution < 1.29 is 9.21 Å². The molecule has 3 rings (SSSR count). The highest BCUT2D eigenvalue weighted by Crippen LogP contribution is 2.28. The van der Waals surface area contributed by atoms with Crippen molar-refractivity contribution in [1.82, 2.24) is 4.90 Å². The van der Waals surface area contributed by atoms with Gasteiger partial charge in [-0.15, -0.1) is 0 Å². The Labute approximate surface area is 119 Å².